The van der Waals surface area contributed by atoms with Gasteiger partial charge in [0.15, 0.2) is 6.61 Å². The van der Waals surface area contributed by atoms with Crippen LogP contribution in [0.15, 0.2) is 62.6 Å². The maximum Gasteiger partial charge on any atom is 0.374 e. The first-order valence-electron chi connectivity index (χ1n) is 9.46. The molecule has 0 aliphatic carbocycles. The average Bonchev–Trinajstić information content (AvgIpc) is 3.35. The lowest BCUT2D eigenvalue weighted by molar-refractivity contribution is 0.0491. The molecule has 0 saturated heterocycles. The molecule has 0 unspecified atom stereocenters. The molecular weight excluding hydrogens is 404 g/mol. The Morgan fingerprint density at radius 3 is 2.80 bits per heavy atom. The van der Waals surface area contributed by atoms with Crippen LogP contribution in [0, 0.1) is 6.92 Å². The average molecular weight is 424 g/mol. The highest BCUT2D eigenvalue weighted by Gasteiger charge is 2.22. The van der Waals surface area contributed by atoms with Crippen LogP contribution < -0.4 is 4.74 Å². The summed E-state index contributed by atoms with van der Waals surface area (Å²) < 4.78 is 22.2. The first-order chi connectivity index (χ1) is 14.6. The summed E-state index contributed by atoms with van der Waals surface area (Å²) in [6.45, 7) is 4.21. The molecule has 0 aliphatic heterocycles. The van der Waals surface area contributed by atoms with Gasteiger partial charge in [0, 0.05) is 16.7 Å². The van der Waals surface area contributed by atoms with Crippen LogP contribution in [0.1, 0.15) is 34.5 Å². The molecule has 0 N–H and O–H groups in total. The Kier molecular flexibility index (Phi) is 6.04. The molecule has 2 aromatic carbocycles. The lowest BCUT2D eigenvalue weighted by Gasteiger charge is -2.03. The summed E-state index contributed by atoms with van der Waals surface area (Å²) in [7, 11) is 0. The lowest BCUT2D eigenvalue weighted by atomic mass is 10.1. The summed E-state index contributed by atoms with van der Waals surface area (Å²) in [5.41, 5.74) is 2.48. The maximum atomic E-state index is 12.3. The van der Waals surface area contributed by atoms with Crippen molar-refractivity contribution in [3.8, 4) is 5.75 Å². The predicted molar refractivity (Wildman–Crippen MR) is 112 cm³/mol. The van der Waals surface area contributed by atoms with Crippen LogP contribution in [0.3, 0.4) is 0 Å². The first kappa shape index (κ1) is 20.0. The van der Waals surface area contributed by atoms with Crippen LogP contribution in [0.5, 0.6) is 5.75 Å². The number of carbonyl (C=O) groups excluding carboxylic acids is 1. The quantitative estimate of drug-likeness (QED) is 0.283. The minimum Gasteiger partial charge on any atom is -0.484 e. The molecule has 0 saturated carbocycles. The molecule has 154 valence electrons. The molecule has 0 atom stereocenters. The van der Waals surface area contributed by atoms with Crippen molar-refractivity contribution in [1.29, 1.82) is 0 Å². The van der Waals surface area contributed by atoms with Crippen LogP contribution in [0.25, 0.3) is 11.0 Å². The van der Waals surface area contributed by atoms with Crippen molar-refractivity contribution in [3.63, 3.8) is 0 Å². The van der Waals surface area contributed by atoms with Crippen molar-refractivity contribution in [3.05, 3.63) is 71.3 Å². The number of para-hydroxylation sites is 1. The number of hydrogen-bond donors (Lipinski definition) is 0. The molecule has 0 aliphatic rings. The highest BCUT2D eigenvalue weighted by Crippen LogP contribution is 2.32. The molecule has 8 heteroatoms. The van der Waals surface area contributed by atoms with Crippen molar-refractivity contribution < 1.29 is 23.1 Å². The molecule has 0 radical (unpaired) electrons. The van der Waals surface area contributed by atoms with Gasteiger partial charge >= 0.3 is 5.97 Å². The summed E-state index contributed by atoms with van der Waals surface area (Å²) in [5.74, 6) is 1.26. The number of rotatable bonds is 8. The Bertz CT molecular complexity index is 1170. The van der Waals surface area contributed by atoms with Crippen molar-refractivity contribution >= 4 is 28.7 Å². The van der Waals surface area contributed by atoms with Gasteiger partial charge in [0.05, 0.1) is 6.61 Å². The molecule has 2 aromatic heterocycles. The number of ether oxygens (including phenoxy) is 2. The van der Waals surface area contributed by atoms with E-state index in [9.17, 15) is 4.79 Å². The topological polar surface area (TPSA) is 87.6 Å². The summed E-state index contributed by atoms with van der Waals surface area (Å²) >= 11 is 1.32. The van der Waals surface area contributed by atoms with Crippen molar-refractivity contribution in [2.24, 2.45) is 0 Å². The third-order valence-electron chi connectivity index (χ3n) is 4.30. The molecule has 0 spiro atoms. The Labute approximate surface area is 177 Å². The molecule has 7 nitrogen and oxygen atoms in total. The Morgan fingerprint density at radius 2 is 1.97 bits per heavy atom. The number of hydrogen-bond acceptors (Lipinski definition) is 8. The predicted octanol–water partition coefficient (Wildman–Crippen LogP) is 5.17. The van der Waals surface area contributed by atoms with Gasteiger partial charge < -0.3 is 18.3 Å². The second-order valence-electron chi connectivity index (χ2n) is 6.48. The lowest BCUT2D eigenvalue weighted by Crippen LogP contribution is -2.05. The van der Waals surface area contributed by atoms with Gasteiger partial charge in [0.1, 0.15) is 11.3 Å². The largest absolute Gasteiger partial charge is 0.484 e. The van der Waals surface area contributed by atoms with Crippen molar-refractivity contribution in [2.75, 3.05) is 6.61 Å². The third kappa shape index (κ3) is 4.49. The smallest absolute Gasteiger partial charge is 0.374 e. The number of thioether (sulfide) groups is 1. The highest BCUT2D eigenvalue weighted by molar-refractivity contribution is 7.98. The van der Waals surface area contributed by atoms with Gasteiger partial charge in [-0.3, -0.25) is 0 Å². The number of furan rings is 1. The minimum absolute atomic E-state index is 0.180. The maximum absolute atomic E-state index is 12.3. The minimum atomic E-state index is -0.484. The Balaban J connectivity index is 1.45. The zero-order chi connectivity index (χ0) is 20.9. The van der Waals surface area contributed by atoms with E-state index in [0.717, 1.165) is 22.3 Å². The zero-order valence-corrected chi connectivity index (χ0v) is 17.4. The van der Waals surface area contributed by atoms with Gasteiger partial charge in [-0.1, -0.05) is 42.1 Å². The van der Waals surface area contributed by atoms with Gasteiger partial charge in [0.25, 0.3) is 11.1 Å². The fourth-order valence-corrected chi connectivity index (χ4v) is 3.75. The number of fused-ring (bicyclic) bond motifs is 1. The van der Waals surface area contributed by atoms with E-state index in [0.29, 0.717) is 22.4 Å². The highest BCUT2D eigenvalue weighted by atomic mass is 32.2. The van der Waals surface area contributed by atoms with Gasteiger partial charge in [-0.15, -0.1) is 10.2 Å². The molecule has 0 bridgehead atoms. The van der Waals surface area contributed by atoms with Gasteiger partial charge in [-0.2, -0.15) is 0 Å². The van der Waals surface area contributed by atoms with Gasteiger partial charge in [-0.25, -0.2) is 4.79 Å². The van der Waals surface area contributed by atoms with Crippen LogP contribution in [-0.4, -0.2) is 22.8 Å². The van der Waals surface area contributed by atoms with E-state index >= 15 is 0 Å². The van der Waals surface area contributed by atoms with Crippen LogP contribution in [0.4, 0.5) is 0 Å². The van der Waals surface area contributed by atoms with E-state index in [2.05, 4.69) is 10.2 Å². The Morgan fingerprint density at radius 1 is 1.10 bits per heavy atom. The fraction of sp³-hybridized carbons (Fsp3) is 0.227. The second-order valence-corrected chi connectivity index (χ2v) is 7.41. The van der Waals surface area contributed by atoms with Crippen molar-refractivity contribution in [1.82, 2.24) is 10.2 Å². The number of nitrogens with zero attached hydrogens (tertiary/aromatic N) is 2. The molecular formula is C22H20N2O5S. The van der Waals surface area contributed by atoms with Gasteiger partial charge in [-0.05, 0) is 37.6 Å². The monoisotopic (exact) mass is 424 g/mol. The number of benzene rings is 2. The molecule has 2 heterocycles. The molecule has 30 heavy (non-hydrogen) atoms. The number of aryl methyl sites for hydroxylation is 1. The van der Waals surface area contributed by atoms with E-state index in [1.54, 1.807) is 6.92 Å². The summed E-state index contributed by atoms with van der Waals surface area (Å²) in [6, 6.07) is 15.2. The summed E-state index contributed by atoms with van der Waals surface area (Å²) in [4.78, 5) is 12.3. The van der Waals surface area contributed by atoms with E-state index in [1.165, 1.54) is 11.8 Å². The molecule has 0 fully saturated rings. The normalized spacial score (nSPS) is 11.0. The molecule has 4 rings (SSSR count). The molecule has 0 amide bonds. The first-order valence-corrected chi connectivity index (χ1v) is 10.4. The SMILES string of the molecule is CCOC(=O)c1oc2ccccc2c1CSc1nnc(COc2cccc(C)c2)o1. The Hall–Kier alpha value is -3.26. The van der Waals surface area contributed by atoms with Crippen molar-refractivity contribution in [2.45, 2.75) is 31.4 Å². The van der Waals surface area contributed by atoms with E-state index in [1.807, 2.05) is 55.5 Å². The fourth-order valence-electron chi connectivity index (χ4n) is 2.94. The number of carbonyl (C=O) groups is 1. The number of esters is 1. The number of aromatic nitrogens is 2. The zero-order valence-electron chi connectivity index (χ0n) is 16.6. The van der Waals surface area contributed by atoms with Crippen LogP contribution in [-0.2, 0) is 17.1 Å². The van der Waals surface area contributed by atoms with Gasteiger partial charge in [0.2, 0.25) is 5.76 Å². The second kappa shape index (κ2) is 9.04. The van der Waals surface area contributed by atoms with E-state index in [-0.39, 0.29) is 19.0 Å². The third-order valence-corrected chi connectivity index (χ3v) is 5.14. The summed E-state index contributed by atoms with van der Waals surface area (Å²) in [5, 5.41) is 9.33. The standard InChI is InChI=1S/C22H20N2O5S/c1-3-26-21(25)20-17(16-9-4-5-10-18(16)28-20)13-30-22-24-23-19(29-22)12-27-15-8-6-7-14(2)11-15/h4-11H,3,12-13H2,1-2H3. The van der Waals surface area contributed by atoms with Crippen LogP contribution >= 0.6 is 11.8 Å². The molecule has 4 aromatic rings. The van der Waals surface area contributed by atoms with E-state index < -0.39 is 5.97 Å². The summed E-state index contributed by atoms with van der Waals surface area (Å²) in [6.07, 6.45) is 0. The van der Waals surface area contributed by atoms with Crippen LogP contribution in [0.2, 0.25) is 0 Å². The van der Waals surface area contributed by atoms with E-state index in [4.69, 9.17) is 18.3 Å².